The largest absolute Gasteiger partial charge is 0.350 e. The molecule has 2 aromatic rings. The SMILES string of the molecule is CN1c2ccccc2C(=O)NC1/C=C/c1ccccc1[N+](=O)[O-]. The van der Waals surface area contributed by atoms with E-state index in [-0.39, 0.29) is 17.8 Å². The second-order valence-corrected chi connectivity index (χ2v) is 5.22. The Morgan fingerprint density at radius 3 is 2.65 bits per heavy atom. The second kappa shape index (κ2) is 5.92. The van der Waals surface area contributed by atoms with Crippen molar-refractivity contribution in [3.63, 3.8) is 0 Å². The van der Waals surface area contributed by atoms with Crippen LogP contribution in [0.5, 0.6) is 0 Å². The molecular formula is C17H15N3O3. The molecule has 0 saturated heterocycles. The fourth-order valence-electron chi connectivity index (χ4n) is 2.60. The van der Waals surface area contributed by atoms with Crippen LogP contribution >= 0.6 is 0 Å². The van der Waals surface area contributed by atoms with Gasteiger partial charge in [0, 0.05) is 13.1 Å². The van der Waals surface area contributed by atoms with Gasteiger partial charge in [0.05, 0.1) is 21.7 Å². The monoisotopic (exact) mass is 309 g/mol. The van der Waals surface area contributed by atoms with Crippen LogP contribution in [0.15, 0.2) is 54.6 Å². The summed E-state index contributed by atoms with van der Waals surface area (Å²) in [6.45, 7) is 0. The minimum atomic E-state index is -0.419. The fraction of sp³-hybridized carbons (Fsp3) is 0.118. The molecule has 1 amide bonds. The van der Waals surface area contributed by atoms with Crippen molar-refractivity contribution in [3.05, 3.63) is 75.8 Å². The van der Waals surface area contributed by atoms with Crippen LogP contribution in [0.4, 0.5) is 11.4 Å². The summed E-state index contributed by atoms with van der Waals surface area (Å²) in [4.78, 5) is 24.7. The van der Waals surface area contributed by atoms with E-state index in [4.69, 9.17) is 0 Å². The lowest BCUT2D eigenvalue weighted by Crippen LogP contribution is -2.49. The zero-order valence-electron chi connectivity index (χ0n) is 12.5. The molecule has 6 heteroatoms. The van der Waals surface area contributed by atoms with Gasteiger partial charge in [-0.05, 0) is 30.4 Å². The van der Waals surface area contributed by atoms with E-state index in [1.807, 2.05) is 30.1 Å². The standard InChI is InChI=1S/C17H15N3O3/c1-19-15-9-5-3-7-13(15)17(21)18-16(19)11-10-12-6-2-4-8-14(12)20(22)23/h2-11,16H,1H3,(H,18,21)/b11-10+. The molecule has 23 heavy (non-hydrogen) atoms. The Labute approximate surface area is 133 Å². The summed E-state index contributed by atoms with van der Waals surface area (Å²) in [5.41, 5.74) is 1.98. The molecule has 1 atom stereocenters. The predicted molar refractivity (Wildman–Crippen MR) is 88.2 cm³/mol. The maximum absolute atomic E-state index is 12.1. The first-order valence-corrected chi connectivity index (χ1v) is 7.12. The smallest absolute Gasteiger partial charge is 0.276 e. The zero-order valence-corrected chi connectivity index (χ0v) is 12.5. The molecule has 0 saturated carbocycles. The van der Waals surface area contributed by atoms with Gasteiger partial charge in [0.1, 0.15) is 6.17 Å². The molecule has 0 fully saturated rings. The van der Waals surface area contributed by atoms with Crippen LogP contribution in [0.3, 0.4) is 0 Å². The number of amides is 1. The highest BCUT2D eigenvalue weighted by atomic mass is 16.6. The maximum Gasteiger partial charge on any atom is 0.276 e. The van der Waals surface area contributed by atoms with Crippen molar-refractivity contribution in [2.24, 2.45) is 0 Å². The highest BCUT2D eigenvalue weighted by molar-refractivity contribution is 6.02. The highest BCUT2D eigenvalue weighted by Gasteiger charge is 2.26. The van der Waals surface area contributed by atoms with E-state index >= 15 is 0 Å². The number of hydrogen-bond acceptors (Lipinski definition) is 4. The lowest BCUT2D eigenvalue weighted by Gasteiger charge is -2.34. The summed E-state index contributed by atoms with van der Waals surface area (Å²) in [7, 11) is 1.87. The van der Waals surface area contributed by atoms with Gasteiger partial charge in [-0.1, -0.05) is 24.3 Å². The fourth-order valence-corrected chi connectivity index (χ4v) is 2.60. The molecule has 2 aromatic carbocycles. The molecule has 0 aliphatic carbocycles. The van der Waals surface area contributed by atoms with E-state index in [0.717, 1.165) is 5.69 Å². The number of likely N-dealkylation sites (N-methyl/N-ethyl adjacent to an activating group) is 1. The average Bonchev–Trinajstić information content (AvgIpc) is 2.57. The van der Waals surface area contributed by atoms with Gasteiger partial charge in [-0.3, -0.25) is 14.9 Å². The number of fused-ring (bicyclic) bond motifs is 1. The van der Waals surface area contributed by atoms with Gasteiger partial charge in [0.2, 0.25) is 0 Å². The number of benzene rings is 2. The minimum Gasteiger partial charge on any atom is -0.350 e. The number of carbonyl (C=O) groups excluding carboxylic acids is 1. The molecule has 0 aromatic heterocycles. The first-order valence-electron chi connectivity index (χ1n) is 7.12. The molecule has 3 rings (SSSR count). The lowest BCUT2D eigenvalue weighted by atomic mass is 10.1. The Balaban J connectivity index is 1.90. The van der Waals surface area contributed by atoms with Gasteiger partial charge in [-0.25, -0.2) is 0 Å². The Bertz CT molecular complexity index is 801. The molecule has 1 aliphatic rings. The number of nitrogens with one attached hydrogen (secondary N) is 1. The summed E-state index contributed by atoms with van der Waals surface area (Å²) in [5, 5.41) is 13.9. The molecule has 1 unspecified atom stereocenters. The van der Waals surface area contributed by atoms with Crippen LogP contribution in [0, 0.1) is 10.1 Å². The van der Waals surface area contributed by atoms with Crippen molar-refractivity contribution in [3.8, 4) is 0 Å². The molecule has 1 N–H and O–H groups in total. The highest BCUT2D eigenvalue weighted by Crippen LogP contribution is 2.26. The van der Waals surface area contributed by atoms with Crippen LogP contribution in [0.2, 0.25) is 0 Å². The molecule has 0 radical (unpaired) electrons. The normalized spacial score (nSPS) is 17.0. The molecule has 1 aliphatic heterocycles. The third kappa shape index (κ3) is 2.78. The third-order valence-corrected chi connectivity index (χ3v) is 3.82. The Hall–Kier alpha value is -3.15. The molecule has 1 heterocycles. The van der Waals surface area contributed by atoms with Crippen LogP contribution in [-0.4, -0.2) is 24.0 Å². The Morgan fingerprint density at radius 1 is 1.17 bits per heavy atom. The summed E-state index contributed by atoms with van der Waals surface area (Å²) in [6, 6.07) is 13.8. The maximum atomic E-state index is 12.1. The van der Waals surface area contributed by atoms with Crippen molar-refractivity contribution in [1.29, 1.82) is 0 Å². The topological polar surface area (TPSA) is 75.5 Å². The predicted octanol–water partition coefficient (Wildman–Crippen LogP) is 2.81. The van der Waals surface area contributed by atoms with Gasteiger partial charge in [0.25, 0.3) is 11.6 Å². The molecule has 0 spiro atoms. The van der Waals surface area contributed by atoms with Crippen LogP contribution in [-0.2, 0) is 0 Å². The molecular weight excluding hydrogens is 294 g/mol. The molecule has 6 nitrogen and oxygen atoms in total. The van der Waals surface area contributed by atoms with E-state index < -0.39 is 4.92 Å². The van der Waals surface area contributed by atoms with Crippen LogP contribution in [0.25, 0.3) is 6.08 Å². The van der Waals surface area contributed by atoms with Crippen molar-refractivity contribution in [2.45, 2.75) is 6.17 Å². The molecule has 116 valence electrons. The Morgan fingerprint density at radius 2 is 1.87 bits per heavy atom. The van der Waals surface area contributed by atoms with Gasteiger partial charge in [0.15, 0.2) is 0 Å². The summed E-state index contributed by atoms with van der Waals surface area (Å²) in [6.07, 6.45) is 3.04. The number of anilines is 1. The number of nitro groups is 1. The van der Waals surface area contributed by atoms with E-state index in [2.05, 4.69) is 5.32 Å². The minimum absolute atomic E-state index is 0.0361. The van der Waals surface area contributed by atoms with Crippen molar-refractivity contribution in [2.75, 3.05) is 11.9 Å². The first-order chi connectivity index (χ1) is 11.1. The average molecular weight is 309 g/mol. The number of nitro benzene ring substituents is 1. The van der Waals surface area contributed by atoms with E-state index in [1.165, 1.54) is 6.07 Å². The number of hydrogen-bond donors (Lipinski definition) is 1. The van der Waals surface area contributed by atoms with Gasteiger partial charge in [-0.2, -0.15) is 0 Å². The zero-order chi connectivity index (χ0) is 16.4. The molecule has 0 bridgehead atoms. The number of carbonyl (C=O) groups is 1. The van der Waals surface area contributed by atoms with Gasteiger partial charge in [-0.15, -0.1) is 0 Å². The van der Waals surface area contributed by atoms with E-state index in [0.29, 0.717) is 11.1 Å². The van der Waals surface area contributed by atoms with E-state index in [9.17, 15) is 14.9 Å². The quantitative estimate of drug-likeness (QED) is 0.699. The van der Waals surface area contributed by atoms with Crippen LogP contribution in [0.1, 0.15) is 15.9 Å². The third-order valence-electron chi connectivity index (χ3n) is 3.82. The van der Waals surface area contributed by atoms with Crippen molar-refractivity contribution >= 4 is 23.4 Å². The first kappa shape index (κ1) is 14.8. The van der Waals surface area contributed by atoms with Crippen LogP contribution < -0.4 is 10.2 Å². The summed E-state index contributed by atoms with van der Waals surface area (Å²) < 4.78 is 0. The number of rotatable bonds is 3. The van der Waals surface area contributed by atoms with Gasteiger partial charge >= 0.3 is 0 Å². The summed E-state index contributed by atoms with van der Waals surface area (Å²) in [5.74, 6) is -0.157. The number of nitrogens with zero attached hydrogens (tertiary/aromatic N) is 2. The second-order valence-electron chi connectivity index (χ2n) is 5.22. The lowest BCUT2D eigenvalue weighted by molar-refractivity contribution is -0.385. The van der Waals surface area contributed by atoms with Crippen molar-refractivity contribution < 1.29 is 9.72 Å². The van der Waals surface area contributed by atoms with E-state index in [1.54, 1.807) is 36.4 Å². The Kier molecular flexibility index (Phi) is 3.80. The van der Waals surface area contributed by atoms with Crippen molar-refractivity contribution in [1.82, 2.24) is 5.32 Å². The number of para-hydroxylation sites is 2. The summed E-state index contributed by atoms with van der Waals surface area (Å²) >= 11 is 0. The van der Waals surface area contributed by atoms with Gasteiger partial charge < -0.3 is 10.2 Å².